The number of likely N-dealkylation sites (tertiary alicyclic amines) is 1. The highest BCUT2D eigenvalue weighted by Gasteiger charge is 2.31. The second kappa shape index (κ2) is 8.89. The number of hydrogen-bond acceptors (Lipinski definition) is 5. The zero-order valence-corrected chi connectivity index (χ0v) is 19.2. The molecule has 1 fully saturated rings. The molecule has 2 aliphatic rings. The summed E-state index contributed by atoms with van der Waals surface area (Å²) in [5, 5.41) is 0.579. The summed E-state index contributed by atoms with van der Waals surface area (Å²) in [6.45, 7) is 1.41. The number of methoxy groups -OCH3 is 2. The number of rotatable bonds is 4. The van der Waals surface area contributed by atoms with E-state index in [1.54, 1.807) is 32.4 Å². The van der Waals surface area contributed by atoms with Crippen LogP contribution in [0.3, 0.4) is 0 Å². The molecule has 1 aromatic heterocycles. The maximum absolute atomic E-state index is 13.5. The van der Waals surface area contributed by atoms with Crippen molar-refractivity contribution >= 4 is 16.8 Å². The van der Waals surface area contributed by atoms with Crippen molar-refractivity contribution in [3.63, 3.8) is 0 Å². The topological polar surface area (TPSA) is 73.7 Å². The van der Waals surface area contributed by atoms with E-state index in [4.69, 9.17) is 14.5 Å². The van der Waals surface area contributed by atoms with Gasteiger partial charge in [-0.2, -0.15) is 0 Å². The van der Waals surface area contributed by atoms with Crippen molar-refractivity contribution in [1.82, 2.24) is 14.5 Å². The standard InChI is InChI=1S/C26H29N3O4/c1-32-22-12-10-17(16-23(22)33-2)21-7-6-14-28(21)25(30)18-9-11-19-20(15-18)27-24-8-4-3-5-13-29(24)26(19)31/h9-12,15-16,21H,3-8,13-14H2,1-2H3/t21-/m0/s1. The van der Waals surface area contributed by atoms with Gasteiger partial charge in [-0.1, -0.05) is 12.5 Å². The molecule has 172 valence electrons. The van der Waals surface area contributed by atoms with E-state index in [-0.39, 0.29) is 17.5 Å². The zero-order valence-electron chi connectivity index (χ0n) is 19.2. The largest absolute Gasteiger partial charge is 0.493 e. The van der Waals surface area contributed by atoms with E-state index in [9.17, 15) is 9.59 Å². The number of ether oxygens (including phenoxy) is 2. The van der Waals surface area contributed by atoms with Crippen molar-refractivity contribution in [2.45, 2.75) is 51.1 Å². The molecule has 0 aliphatic carbocycles. The third-order valence-corrected chi connectivity index (χ3v) is 6.87. The molecule has 3 aromatic rings. The second-order valence-electron chi connectivity index (χ2n) is 8.80. The molecule has 5 rings (SSSR count). The van der Waals surface area contributed by atoms with E-state index < -0.39 is 0 Å². The molecule has 33 heavy (non-hydrogen) atoms. The molecule has 0 unspecified atom stereocenters. The van der Waals surface area contributed by atoms with Crippen LogP contribution < -0.4 is 15.0 Å². The van der Waals surface area contributed by atoms with Gasteiger partial charge in [0.25, 0.3) is 11.5 Å². The molecule has 0 saturated carbocycles. The minimum atomic E-state index is -0.0361. The van der Waals surface area contributed by atoms with Gasteiger partial charge in [0.15, 0.2) is 11.5 Å². The fourth-order valence-corrected chi connectivity index (χ4v) is 5.13. The van der Waals surface area contributed by atoms with Gasteiger partial charge in [-0.05, 0) is 61.6 Å². The van der Waals surface area contributed by atoms with Gasteiger partial charge in [0.1, 0.15) is 5.82 Å². The zero-order chi connectivity index (χ0) is 22.9. The third kappa shape index (κ3) is 3.86. The Labute approximate surface area is 192 Å². The molecule has 2 aromatic carbocycles. The molecule has 7 nitrogen and oxygen atoms in total. The van der Waals surface area contributed by atoms with E-state index >= 15 is 0 Å². The molecule has 1 amide bonds. The monoisotopic (exact) mass is 447 g/mol. The van der Waals surface area contributed by atoms with Crippen molar-refractivity contribution in [3.8, 4) is 11.5 Å². The fraction of sp³-hybridized carbons (Fsp3) is 0.423. The number of fused-ring (bicyclic) bond motifs is 2. The summed E-state index contributed by atoms with van der Waals surface area (Å²) in [6.07, 6.45) is 5.78. The molecule has 0 spiro atoms. The maximum Gasteiger partial charge on any atom is 0.261 e. The van der Waals surface area contributed by atoms with Gasteiger partial charge in [-0.15, -0.1) is 0 Å². The van der Waals surface area contributed by atoms with Crippen LogP contribution in [-0.4, -0.2) is 41.1 Å². The Morgan fingerprint density at radius 1 is 0.970 bits per heavy atom. The van der Waals surface area contributed by atoms with E-state index in [1.165, 1.54) is 0 Å². The first-order chi connectivity index (χ1) is 16.1. The van der Waals surface area contributed by atoms with Crippen LogP contribution in [0.4, 0.5) is 0 Å². The first-order valence-electron chi connectivity index (χ1n) is 11.7. The number of carbonyl (C=O) groups excluding carboxylic acids is 1. The Bertz CT molecular complexity index is 1270. The Morgan fingerprint density at radius 2 is 1.82 bits per heavy atom. The first-order valence-corrected chi connectivity index (χ1v) is 11.7. The smallest absolute Gasteiger partial charge is 0.261 e. The van der Waals surface area contributed by atoms with E-state index in [1.807, 2.05) is 27.7 Å². The summed E-state index contributed by atoms with van der Waals surface area (Å²) in [7, 11) is 3.23. The number of nitrogens with zero attached hydrogens (tertiary/aromatic N) is 3. The molecule has 1 saturated heterocycles. The first kappa shape index (κ1) is 21.5. The quantitative estimate of drug-likeness (QED) is 0.602. The number of aryl methyl sites for hydroxylation is 1. The highest BCUT2D eigenvalue weighted by Crippen LogP contribution is 2.37. The average molecular weight is 448 g/mol. The number of hydrogen-bond donors (Lipinski definition) is 0. The van der Waals surface area contributed by atoms with Crippen LogP contribution in [0.25, 0.3) is 10.9 Å². The van der Waals surface area contributed by atoms with Crippen molar-refractivity contribution in [2.24, 2.45) is 0 Å². The lowest BCUT2D eigenvalue weighted by atomic mass is 10.0. The lowest BCUT2D eigenvalue weighted by Crippen LogP contribution is -2.31. The Balaban J connectivity index is 1.48. The fourth-order valence-electron chi connectivity index (χ4n) is 5.13. The minimum absolute atomic E-state index is 0.000255. The maximum atomic E-state index is 13.5. The highest BCUT2D eigenvalue weighted by atomic mass is 16.5. The summed E-state index contributed by atoms with van der Waals surface area (Å²) in [4.78, 5) is 33.3. The van der Waals surface area contributed by atoms with Crippen LogP contribution in [0.15, 0.2) is 41.2 Å². The molecule has 2 aliphatic heterocycles. The highest BCUT2D eigenvalue weighted by molar-refractivity contribution is 5.98. The molecule has 0 bridgehead atoms. The molecular weight excluding hydrogens is 418 g/mol. The second-order valence-corrected chi connectivity index (χ2v) is 8.80. The Hall–Kier alpha value is -3.35. The van der Waals surface area contributed by atoms with Gasteiger partial charge >= 0.3 is 0 Å². The SMILES string of the molecule is COc1ccc([C@@H]2CCCN2C(=O)c2ccc3c(=O)n4c(nc3c2)CCCCC4)cc1OC. The Kier molecular flexibility index (Phi) is 5.79. The average Bonchev–Trinajstić information content (AvgIpc) is 3.22. The van der Waals surface area contributed by atoms with Gasteiger partial charge in [0, 0.05) is 25.1 Å². The molecular formula is C26H29N3O4. The van der Waals surface area contributed by atoms with Crippen LogP contribution in [-0.2, 0) is 13.0 Å². The van der Waals surface area contributed by atoms with Crippen LogP contribution in [0.5, 0.6) is 11.5 Å². The lowest BCUT2D eigenvalue weighted by Gasteiger charge is -2.26. The predicted octanol–water partition coefficient (Wildman–Crippen LogP) is 4.12. The molecule has 7 heteroatoms. The van der Waals surface area contributed by atoms with Crippen LogP contribution >= 0.6 is 0 Å². The summed E-state index contributed by atoms with van der Waals surface area (Å²) in [5.74, 6) is 2.12. The van der Waals surface area contributed by atoms with Crippen molar-refractivity contribution < 1.29 is 14.3 Å². The van der Waals surface area contributed by atoms with Gasteiger partial charge in [-0.3, -0.25) is 14.2 Å². The van der Waals surface area contributed by atoms with Gasteiger partial charge in [0.05, 0.1) is 31.2 Å². The normalized spacial score (nSPS) is 18.1. The van der Waals surface area contributed by atoms with Gasteiger partial charge in [0.2, 0.25) is 0 Å². The third-order valence-electron chi connectivity index (χ3n) is 6.87. The minimum Gasteiger partial charge on any atom is -0.493 e. The summed E-state index contributed by atoms with van der Waals surface area (Å²) in [6, 6.07) is 11.1. The van der Waals surface area contributed by atoms with E-state index in [0.29, 0.717) is 34.5 Å². The van der Waals surface area contributed by atoms with Crippen LogP contribution in [0.2, 0.25) is 0 Å². The summed E-state index contributed by atoms with van der Waals surface area (Å²) >= 11 is 0. The Morgan fingerprint density at radius 3 is 2.64 bits per heavy atom. The lowest BCUT2D eigenvalue weighted by molar-refractivity contribution is 0.0735. The number of amides is 1. The van der Waals surface area contributed by atoms with Crippen molar-refractivity contribution in [1.29, 1.82) is 0 Å². The van der Waals surface area contributed by atoms with Gasteiger partial charge in [-0.25, -0.2) is 4.98 Å². The van der Waals surface area contributed by atoms with Gasteiger partial charge < -0.3 is 14.4 Å². The molecule has 1 atom stereocenters. The van der Waals surface area contributed by atoms with E-state index in [0.717, 1.165) is 56.5 Å². The van der Waals surface area contributed by atoms with Crippen molar-refractivity contribution in [2.75, 3.05) is 20.8 Å². The molecule has 3 heterocycles. The summed E-state index contributed by atoms with van der Waals surface area (Å²) < 4.78 is 12.6. The van der Waals surface area contributed by atoms with Crippen molar-refractivity contribution in [3.05, 3.63) is 63.7 Å². The van der Waals surface area contributed by atoms with Crippen LogP contribution in [0, 0.1) is 0 Å². The summed E-state index contributed by atoms with van der Waals surface area (Å²) in [5.41, 5.74) is 2.21. The number of aromatic nitrogens is 2. The molecule has 0 N–H and O–H groups in total. The van der Waals surface area contributed by atoms with Crippen LogP contribution in [0.1, 0.15) is 59.9 Å². The predicted molar refractivity (Wildman–Crippen MR) is 126 cm³/mol. The number of benzene rings is 2. The molecule has 0 radical (unpaired) electrons. The van der Waals surface area contributed by atoms with E-state index in [2.05, 4.69) is 0 Å². The number of carbonyl (C=O) groups is 1.